The molecule has 1 aromatic carbocycles. The number of anilines is 1. The van der Waals surface area contributed by atoms with Crippen LogP contribution in [0.2, 0.25) is 0 Å². The normalized spacial score (nSPS) is 10.2. The fourth-order valence-electron chi connectivity index (χ4n) is 1.43. The molecule has 1 aromatic heterocycles. The quantitative estimate of drug-likeness (QED) is 0.850. The molecule has 16 heavy (non-hydrogen) atoms. The predicted molar refractivity (Wildman–Crippen MR) is 63.6 cm³/mol. The van der Waals surface area contributed by atoms with Gasteiger partial charge in [0.15, 0.2) is 0 Å². The van der Waals surface area contributed by atoms with Gasteiger partial charge in [0.1, 0.15) is 5.82 Å². The highest BCUT2D eigenvalue weighted by molar-refractivity contribution is 5.37. The van der Waals surface area contributed by atoms with Crippen LogP contribution in [-0.4, -0.2) is 4.98 Å². The Hall–Kier alpha value is -1.87. The van der Waals surface area contributed by atoms with Crippen LogP contribution in [0.1, 0.15) is 11.1 Å². The topological polar surface area (TPSA) is 48.1 Å². The van der Waals surface area contributed by atoms with Gasteiger partial charge in [-0.05, 0) is 11.6 Å². The third kappa shape index (κ3) is 2.81. The second kappa shape index (κ2) is 5.28. The lowest BCUT2D eigenvalue weighted by atomic mass is 10.2. The molecule has 0 aliphatic heterocycles. The Labute approximate surface area is 94.9 Å². The van der Waals surface area contributed by atoms with E-state index in [0.29, 0.717) is 19.0 Å². The van der Waals surface area contributed by atoms with Crippen LogP contribution in [0.5, 0.6) is 0 Å². The van der Waals surface area contributed by atoms with E-state index >= 15 is 0 Å². The summed E-state index contributed by atoms with van der Waals surface area (Å²) in [7, 11) is 0. The third-order valence-electron chi connectivity index (χ3n) is 2.30. The zero-order valence-corrected chi connectivity index (χ0v) is 8.97. The number of nitrogens with two attached hydrogens (primary N) is 1. The molecule has 0 saturated heterocycles. The van der Waals surface area contributed by atoms with Crippen molar-refractivity contribution in [3.63, 3.8) is 0 Å². The molecule has 1 heterocycles. The fourth-order valence-corrected chi connectivity index (χ4v) is 1.43. The van der Waals surface area contributed by atoms with Crippen LogP contribution >= 0.6 is 0 Å². The Kier molecular flexibility index (Phi) is 3.51. The van der Waals surface area contributed by atoms with Crippen LogP contribution in [0.25, 0.3) is 0 Å². The van der Waals surface area contributed by atoms with Gasteiger partial charge in [-0.2, -0.15) is 0 Å². The maximum atomic E-state index is 5.71. The number of aromatic nitrogens is 1. The van der Waals surface area contributed by atoms with E-state index < -0.39 is 0 Å². The standard InChI is InChI=1S/C13H14N2O/c14-13-12(7-4-8-15-13)10-16-9-11-5-2-1-3-6-11/h1-8H,9-10H2,(H2,14,15). The van der Waals surface area contributed by atoms with E-state index in [0.717, 1.165) is 11.1 Å². The fraction of sp³-hybridized carbons (Fsp3) is 0.154. The van der Waals surface area contributed by atoms with E-state index in [4.69, 9.17) is 10.5 Å². The van der Waals surface area contributed by atoms with Gasteiger partial charge < -0.3 is 10.5 Å². The molecule has 2 rings (SSSR count). The van der Waals surface area contributed by atoms with Crippen molar-refractivity contribution in [2.24, 2.45) is 0 Å². The third-order valence-corrected chi connectivity index (χ3v) is 2.30. The molecule has 0 aliphatic rings. The van der Waals surface area contributed by atoms with Crippen LogP contribution in [0.4, 0.5) is 5.82 Å². The van der Waals surface area contributed by atoms with Gasteiger partial charge in [-0.1, -0.05) is 36.4 Å². The molecule has 0 saturated carbocycles. The minimum absolute atomic E-state index is 0.495. The van der Waals surface area contributed by atoms with Crippen molar-refractivity contribution in [2.45, 2.75) is 13.2 Å². The minimum Gasteiger partial charge on any atom is -0.383 e. The molecule has 2 N–H and O–H groups in total. The second-order valence-electron chi connectivity index (χ2n) is 3.53. The first kappa shape index (κ1) is 10.6. The molecule has 3 heteroatoms. The van der Waals surface area contributed by atoms with E-state index in [1.165, 1.54) is 0 Å². The van der Waals surface area contributed by atoms with Gasteiger partial charge in [0.25, 0.3) is 0 Å². The summed E-state index contributed by atoms with van der Waals surface area (Å²) in [5.41, 5.74) is 7.80. The van der Waals surface area contributed by atoms with Crippen LogP contribution in [0, 0.1) is 0 Å². The lowest BCUT2D eigenvalue weighted by molar-refractivity contribution is 0.107. The Morgan fingerprint density at radius 3 is 2.56 bits per heavy atom. The van der Waals surface area contributed by atoms with Crippen LogP contribution in [0.3, 0.4) is 0 Å². The molecule has 82 valence electrons. The van der Waals surface area contributed by atoms with Gasteiger partial charge >= 0.3 is 0 Å². The van der Waals surface area contributed by atoms with Gasteiger partial charge in [-0.3, -0.25) is 0 Å². The van der Waals surface area contributed by atoms with Crippen molar-refractivity contribution in [1.82, 2.24) is 4.98 Å². The zero-order valence-electron chi connectivity index (χ0n) is 8.97. The van der Waals surface area contributed by atoms with E-state index in [-0.39, 0.29) is 0 Å². The summed E-state index contributed by atoms with van der Waals surface area (Å²) in [4.78, 5) is 4.00. The summed E-state index contributed by atoms with van der Waals surface area (Å²) in [6.07, 6.45) is 1.68. The van der Waals surface area contributed by atoms with Crippen molar-refractivity contribution in [3.05, 3.63) is 59.8 Å². The molecule has 0 aliphatic carbocycles. The number of hydrogen-bond donors (Lipinski definition) is 1. The van der Waals surface area contributed by atoms with E-state index in [1.807, 2.05) is 42.5 Å². The number of nitrogen functional groups attached to an aromatic ring is 1. The second-order valence-corrected chi connectivity index (χ2v) is 3.53. The van der Waals surface area contributed by atoms with Gasteiger partial charge in [0.2, 0.25) is 0 Å². The summed E-state index contributed by atoms with van der Waals surface area (Å²) >= 11 is 0. The number of hydrogen-bond acceptors (Lipinski definition) is 3. The number of ether oxygens (including phenoxy) is 1. The van der Waals surface area contributed by atoms with Gasteiger partial charge in [-0.15, -0.1) is 0 Å². The van der Waals surface area contributed by atoms with Crippen molar-refractivity contribution >= 4 is 5.82 Å². The summed E-state index contributed by atoms with van der Waals surface area (Å²) in [6.45, 7) is 1.09. The smallest absolute Gasteiger partial charge is 0.128 e. The molecule has 2 aromatic rings. The SMILES string of the molecule is Nc1ncccc1COCc1ccccc1. The summed E-state index contributed by atoms with van der Waals surface area (Å²) in [5, 5.41) is 0. The molecule has 0 fully saturated rings. The number of nitrogens with zero attached hydrogens (tertiary/aromatic N) is 1. The molecule has 0 spiro atoms. The van der Waals surface area contributed by atoms with E-state index in [9.17, 15) is 0 Å². The number of rotatable bonds is 4. The number of pyridine rings is 1. The lowest BCUT2D eigenvalue weighted by Crippen LogP contribution is -2.00. The largest absolute Gasteiger partial charge is 0.383 e. The molecular weight excluding hydrogens is 200 g/mol. The minimum atomic E-state index is 0.495. The summed E-state index contributed by atoms with van der Waals surface area (Å²) in [5.74, 6) is 0.538. The van der Waals surface area contributed by atoms with Crippen molar-refractivity contribution in [2.75, 3.05) is 5.73 Å². The van der Waals surface area contributed by atoms with Gasteiger partial charge in [0, 0.05) is 11.8 Å². The molecule has 0 unspecified atom stereocenters. The molecule has 0 radical (unpaired) electrons. The zero-order chi connectivity index (χ0) is 11.2. The highest BCUT2D eigenvalue weighted by atomic mass is 16.5. The average Bonchev–Trinajstić information content (AvgIpc) is 2.33. The molecule has 3 nitrogen and oxygen atoms in total. The summed E-state index contributed by atoms with van der Waals surface area (Å²) < 4.78 is 5.57. The van der Waals surface area contributed by atoms with Crippen molar-refractivity contribution < 1.29 is 4.74 Å². The molecule has 0 amide bonds. The molecule has 0 atom stereocenters. The molecule has 0 bridgehead atoms. The first-order chi connectivity index (χ1) is 7.86. The maximum absolute atomic E-state index is 5.71. The Morgan fingerprint density at radius 2 is 1.81 bits per heavy atom. The van der Waals surface area contributed by atoms with Crippen LogP contribution in [0.15, 0.2) is 48.7 Å². The van der Waals surface area contributed by atoms with Crippen molar-refractivity contribution in [1.29, 1.82) is 0 Å². The molecular formula is C13H14N2O. The lowest BCUT2D eigenvalue weighted by Gasteiger charge is -2.06. The number of benzene rings is 1. The first-order valence-corrected chi connectivity index (χ1v) is 5.17. The van der Waals surface area contributed by atoms with Gasteiger partial charge in [-0.25, -0.2) is 4.98 Å². The summed E-state index contributed by atoms with van der Waals surface area (Å²) in [6, 6.07) is 13.8. The van der Waals surface area contributed by atoms with Gasteiger partial charge in [0.05, 0.1) is 13.2 Å². The van der Waals surface area contributed by atoms with Crippen LogP contribution < -0.4 is 5.73 Å². The van der Waals surface area contributed by atoms with Crippen LogP contribution in [-0.2, 0) is 18.0 Å². The Morgan fingerprint density at radius 1 is 1.00 bits per heavy atom. The highest BCUT2D eigenvalue weighted by Gasteiger charge is 1.99. The van der Waals surface area contributed by atoms with E-state index in [1.54, 1.807) is 6.20 Å². The Balaban J connectivity index is 1.87. The monoisotopic (exact) mass is 214 g/mol. The van der Waals surface area contributed by atoms with Crippen molar-refractivity contribution in [3.8, 4) is 0 Å². The Bertz CT molecular complexity index is 443. The predicted octanol–water partition coefficient (Wildman–Crippen LogP) is 2.38. The highest BCUT2D eigenvalue weighted by Crippen LogP contribution is 2.10. The first-order valence-electron chi connectivity index (χ1n) is 5.17. The average molecular weight is 214 g/mol. The van der Waals surface area contributed by atoms with E-state index in [2.05, 4.69) is 4.98 Å². The maximum Gasteiger partial charge on any atom is 0.128 e.